The standard InChI is InChI=1S/C13H17BrO/c1-3-13(14)11-7-5-9-4-6-10(15-2)8-12(9)11/h4,6,8,11,13H,3,5,7H2,1-2H3. The molecule has 0 spiro atoms. The molecule has 2 rings (SSSR count). The van der Waals surface area contributed by atoms with Gasteiger partial charge in [0.1, 0.15) is 5.75 Å². The van der Waals surface area contributed by atoms with Crippen molar-refractivity contribution in [2.24, 2.45) is 0 Å². The van der Waals surface area contributed by atoms with Gasteiger partial charge in [-0.25, -0.2) is 0 Å². The molecule has 0 fully saturated rings. The zero-order valence-corrected chi connectivity index (χ0v) is 10.9. The summed E-state index contributed by atoms with van der Waals surface area (Å²) in [5.74, 6) is 1.65. The Hall–Kier alpha value is -0.500. The van der Waals surface area contributed by atoms with Crippen LogP contribution in [0.2, 0.25) is 0 Å². The summed E-state index contributed by atoms with van der Waals surface area (Å²) in [4.78, 5) is 0.603. The number of rotatable bonds is 3. The Balaban J connectivity index is 2.31. The Bertz CT molecular complexity index is 348. The lowest BCUT2D eigenvalue weighted by molar-refractivity contribution is 0.414. The van der Waals surface area contributed by atoms with Crippen molar-refractivity contribution in [3.8, 4) is 5.75 Å². The molecule has 0 amide bonds. The fourth-order valence-electron chi connectivity index (χ4n) is 2.40. The van der Waals surface area contributed by atoms with Crippen LogP contribution < -0.4 is 4.74 Å². The van der Waals surface area contributed by atoms with Gasteiger partial charge in [-0.15, -0.1) is 0 Å². The highest BCUT2D eigenvalue weighted by Gasteiger charge is 2.27. The van der Waals surface area contributed by atoms with Gasteiger partial charge in [-0.2, -0.15) is 0 Å². The van der Waals surface area contributed by atoms with Crippen LogP contribution in [0, 0.1) is 0 Å². The van der Waals surface area contributed by atoms with Crippen LogP contribution >= 0.6 is 15.9 Å². The van der Waals surface area contributed by atoms with Crippen molar-refractivity contribution < 1.29 is 4.74 Å². The smallest absolute Gasteiger partial charge is 0.119 e. The van der Waals surface area contributed by atoms with Crippen molar-refractivity contribution in [1.29, 1.82) is 0 Å². The third-order valence-corrected chi connectivity index (χ3v) is 4.59. The van der Waals surface area contributed by atoms with Crippen molar-refractivity contribution in [2.75, 3.05) is 7.11 Å². The number of hydrogen-bond donors (Lipinski definition) is 0. The zero-order valence-electron chi connectivity index (χ0n) is 9.29. The third-order valence-electron chi connectivity index (χ3n) is 3.30. The van der Waals surface area contributed by atoms with E-state index in [2.05, 4.69) is 41.1 Å². The van der Waals surface area contributed by atoms with E-state index in [0.717, 1.165) is 5.75 Å². The van der Waals surface area contributed by atoms with Crippen LogP contribution in [0.4, 0.5) is 0 Å². The summed E-state index contributed by atoms with van der Waals surface area (Å²) < 4.78 is 5.29. The lowest BCUT2D eigenvalue weighted by atomic mass is 9.96. The van der Waals surface area contributed by atoms with E-state index in [4.69, 9.17) is 4.74 Å². The van der Waals surface area contributed by atoms with E-state index in [1.807, 2.05) is 0 Å². The first-order valence-electron chi connectivity index (χ1n) is 5.57. The van der Waals surface area contributed by atoms with Crippen LogP contribution in [0.1, 0.15) is 36.8 Å². The number of ether oxygens (including phenoxy) is 1. The molecule has 1 aromatic rings. The van der Waals surface area contributed by atoms with Crippen molar-refractivity contribution >= 4 is 15.9 Å². The van der Waals surface area contributed by atoms with E-state index in [1.165, 1.54) is 30.4 Å². The van der Waals surface area contributed by atoms with E-state index in [9.17, 15) is 0 Å². The molecule has 15 heavy (non-hydrogen) atoms. The van der Waals surface area contributed by atoms with Gasteiger partial charge in [-0.05, 0) is 48.4 Å². The molecule has 0 saturated carbocycles. The highest BCUT2D eigenvalue weighted by Crippen LogP contribution is 2.40. The molecular weight excluding hydrogens is 252 g/mol. The van der Waals surface area contributed by atoms with Gasteiger partial charge in [-0.1, -0.05) is 28.9 Å². The molecule has 0 saturated heterocycles. The monoisotopic (exact) mass is 268 g/mol. The van der Waals surface area contributed by atoms with Gasteiger partial charge in [0.25, 0.3) is 0 Å². The lowest BCUT2D eigenvalue weighted by Gasteiger charge is -2.17. The van der Waals surface area contributed by atoms with Gasteiger partial charge in [0, 0.05) is 4.83 Å². The topological polar surface area (TPSA) is 9.23 Å². The van der Waals surface area contributed by atoms with Crippen LogP contribution in [0.5, 0.6) is 5.75 Å². The number of halogens is 1. The maximum Gasteiger partial charge on any atom is 0.119 e. The number of benzene rings is 1. The van der Waals surface area contributed by atoms with Gasteiger partial charge < -0.3 is 4.74 Å². The van der Waals surface area contributed by atoms with Crippen molar-refractivity contribution in [2.45, 2.75) is 36.9 Å². The van der Waals surface area contributed by atoms with Crippen LogP contribution in [-0.4, -0.2) is 11.9 Å². The summed E-state index contributed by atoms with van der Waals surface area (Å²) in [6, 6.07) is 6.48. The van der Waals surface area contributed by atoms with Crippen molar-refractivity contribution in [3.63, 3.8) is 0 Å². The molecule has 0 N–H and O–H groups in total. The van der Waals surface area contributed by atoms with Gasteiger partial charge in [-0.3, -0.25) is 0 Å². The van der Waals surface area contributed by atoms with Crippen LogP contribution in [-0.2, 0) is 6.42 Å². The quantitative estimate of drug-likeness (QED) is 0.756. The van der Waals surface area contributed by atoms with Gasteiger partial charge in [0.2, 0.25) is 0 Å². The summed E-state index contributed by atoms with van der Waals surface area (Å²) in [6.07, 6.45) is 3.67. The second-order valence-corrected chi connectivity index (χ2v) is 5.31. The van der Waals surface area contributed by atoms with E-state index in [-0.39, 0.29) is 0 Å². The summed E-state index contributed by atoms with van der Waals surface area (Å²) in [5, 5.41) is 0. The predicted octanol–water partition coefficient (Wildman–Crippen LogP) is 3.90. The van der Waals surface area contributed by atoms with E-state index >= 15 is 0 Å². The number of hydrogen-bond acceptors (Lipinski definition) is 1. The minimum Gasteiger partial charge on any atom is -0.497 e. The number of alkyl halides is 1. The van der Waals surface area contributed by atoms with Gasteiger partial charge in [0.15, 0.2) is 0 Å². The Morgan fingerprint density at radius 2 is 2.33 bits per heavy atom. The first kappa shape index (κ1) is 11.0. The van der Waals surface area contributed by atoms with Crippen LogP contribution in [0.3, 0.4) is 0 Å². The minimum atomic E-state index is 0.603. The first-order valence-corrected chi connectivity index (χ1v) is 6.48. The third kappa shape index (κ3) is 2.05. The Kier molecular flexibility index (Phi) is 3.35. The number of fused-ring (bicyclic) bond motifs is 1. The number of methoxy groups -OCH3 is 1. The minimum absolute atomic E-state index is 0.603. The molecular formula is C13H17BrO. The van der Waals surface area contributed by atoms with Crippen LogP contribution in [0.25, 0.3) is 0 Å². The normalized spacial score (nSPS) is 21.1. The molecule has 0 heterocycles. The molecule has 1 aliphatic rings. The van der Waals surface area contributed by atoms with Crippen LogP contribution in [0.15, 0.2) is 18.2 Å². The first-order chi connectivity index (χ1) is 7.26. The summed E-state index contributed by atoms with van der Waals surface area (Å²) in [5.41, 5.74) is 2.98. The average molecular weight is 269 g/mol. The predicted molar refractivity (Wildman–Crippen MR) is 67.1 cm³/mol. The molecule has 1 nitrogen and oxygen atoms in total. The molecule has 0 aromatic heterocycles. The molecule has 2 heteroatoms. The summed E-state index contributed by atoms with van der Waals surface area (Å²) in [7, 11) is 1.73. The average Bonchev–Trinajstić information content (AvgIpc) is 2.70. The largest absolute Gasteiger partial charge is 0.497 e. The second kappa shape index (κ2) is 4.56. The van der Waals surface area contributed by atoms with Gasteiger partial charge >= 0.3 is 0 Å². The maximum atomic E-state index is 5.29. The molecule has 2 atom stereocenters. The molecule has 1 aromatic carbocycles. The molecule has 0 bridgehead atoms. The van der Waals surface area contributed by atoms with E-state index in [1.54, 1.807) is 7.11 Å². The number of aryl methyl sites for hydroxylation is 1. The van der Waals surface area contributed by atoms with Gasteiger partial charge in [0.05, 0.1) is 7.11 Å². The fraction of sp³-hybridized carbons (Fsp3) is 0.538. The summed E-state index contributed by atoms with van der Waals surface area (Å²) in [6.45, 7) is 2.23. The highest BCUT2D eigenvalue weighted by atomic mass is 79.9. The van der Waals surface area contributed by atoms with E-state index < -0.39 is 0 Å². The Labute approximate surface area is 100.0 Å². The Morgan fingerprint density at radius 1 is 1.53 bits per heavy atom. The van der Waals surface area contributed by atoms with Crippen molar-refractivity contribution in [1.82, 2.24) is 0 Å². The molecule has 1 aliphatic carbocycles. The Morgan fingerprint density at radius 3 is 3.00 bits per heavy atom. The zero-order chi connectivity index (χ0) is 10.8. The van der Waals surface area contributed by atoms with Crippen molar-refractivity contribution in [3.05, 3.63) is 29.3 Å². The fourth-order valence-corrected chi connectivity index (χ4v) is 2.95. The summed E-state index contributed by atoms with van der Waals surface area (Å²) >= 11 is 3.78. The highest BCUT2D eigenvalue weighted by molar-refractivity contribution is 9.09. The SMILES string of the molecule is CCC(Br)C1CCc2ccc(OC)cc21. The molecule has 0 aliphatic heterocycles. The lowest BCUT2D eigenvalue weighted by Crippen LogP contribution is -2.08. The molecule has 0 radical (unpaired) electrons. The van der Waals surface area contributed by atoms with E-state index in [0.29, 0.717) is 10.7 Å². The maximum absolute atomic E-state index is 5.29. The molecule has 2 unspecified atom stereocenters. The molecule has 82 valence electrons. The second-order valence-electron chi connectivity index (χ2n) is 4.13.